The second kappa shape index (κ2) is 13.4. The first-order chi connectivity index (χ1) is 19.0. The van der Waals surface area contributed by atoms with Gasteiger partial charge in [-0.25, -0.2) is 4.79 Å². The number of urea groups is 1. The molecule has 2 aliphatic rings. The minimum absolute atomic E-state index is 0.0397. The van der Waals surface area contributed by atoms with Crippen molar-refractivity contribution in [2.75, 3.05) is 40.3 Å². The van der Waals surface area contributed by atoms with E-state index < -0.39 is 0 Å². The summed E-state index contributed by atoms with van der Waals surface area (Å²) in [6.45, 7) is 11.5. The molecule has 3 amide bonds. The van der Waals surface area contributed by atoms with Gasteiger partial charge in [0.25, 0.3) is 0 Å². The van der Waals surface area contributed by atoms with Crippen LogP contribution in [-0.4, -0.2) is 83.9 Å². The van der Waals surface area contributed by atoms with Crippen LogP contribution in [0.4, 0.5) is 4.79 Å². The summed E-state index contributed by atoms with van der Waals surface area (Å²) in [6, 6.07) is 15.6. The Hall–Kier alpha value is -2.51. The van der Waals surface area contributed by atoms with Crippen LogP contribution in [0.5, 0.6) is 0 Å². The average molecular weight is 565 g/mol. The van der Waals surface area contributed by atoms with Gasteiger partial charge < -0.3 is 19.6 Å². The molecule has 2 heterocycles. The van der Waals surface area contributed by atoms with Gasteiger partial charge in [0.15, 0.2) is 0 Å². The molecule has 2 aromatic rings. The van der Waals surface area contributed by atoms with Gasteiger partial charge >= 0.3 is 6.03 Å². The van der Waals surface area contributed by atoms with Gasteiger partial charge in [0.2, 0.25) is 5.91 Å². The maximum atomic E-state index is 14.0. The van der Waals surface area contributed by atoms with Crippen molar-refractivity contribution < 1.29 is 9.59 Å². The number of hydrogen-bond donors (Lipinski definition) is 1. The first kappa shape index (κ1) is 30.4. The van der Waals surface area contributed by atoms with Crippen LogP contribution in [0.3, 0.4) is 0 Å². The molecule has 2 aliphatic heterocycles. The fourth-order valence-electron chi connectivity index (χ4n) is 6.64. The molecule has 40 heavy (non-hydrogen) atoms. The molecule has 2 aromatic carbocycles. The van der Waals surface area contributed by atoms with E-state index >= 15 is 0 Å². The standard InChI is InChI=1S/C33H48N4O2S/c1-23-17-29(21-32(40)18-23)25(3)35(6)33(39)37-16-11-27(19-31(37)20-28-10-8-7-9-24(28)2)22-34(5)30-12-14-36(15-13-30)26(4)38/h7-10,17-18,21,25,27,30-31,40H,11-16,19-20,22H2,1-6H3. The van der Waals surface area contributed by atoms with Crippen molar-refractivity contribution in [1.29, 1.82) is 0 Å². The number of rotatable bonds is 7. The zero-order valence-electron chi connectivity index (χ0n) is 25.3. The first-order valence-corrected chi connectivity index (χ1v) is 15.3. The maximum absolute atomic E-state index is 14.0. The summed E-state index contributed by atoms with van der Waals surface area (Å²) in [6.07, 6.45) is 4.97. The van der Waals surface area contributed by atoms with Crippen LogP contribution in [0.15, 0.2) is 47.4 Å². The average Bonchev–Trinajstić information content (AvgIpc) is 2.92. The molecule has 2 fully saturated rings. The zero-order chi connectivity index (χ0) is 29.0. The predicted molar refractivity (Wildman–Crippen MR) is 166 cm³/mol. The Morgan fingerprint density at radius 2 is 1.73 bits per heavy atom. The molecule has 3 atom stereocenters. The molecule has 6 nitrogen and oxygen atoms in total. The van der Waals surface area contributed by atoms with E-state index in [9.17, 15) is 9.59 Å². The van der Waals surface area contributed by atoms with Gasteiger partial charge in [0.05, 0.1) is 6.04 Å². The third-order valence-corrected chi connectivity index (χ3v) is 9.57. The van der Waals surface area contributed by atoms with Gasteiger partial charge in [-0.2, -0.15) is 0 Å². The topological polar surface area (TPSA) is 47.1 Å². The number of hydrogen-bond acceptors (Lipinski definition) is 4. The monoisotopic (exact) mass is 564 g/mol. The summed E-state index contributed by atoms with van der Waals surface area (Å²) in [5.41, 5.74) is 4.88. The Bertz CT molecular complexity index is 1160. The summed E-state index contributed by atoms with van der Waals surface area (Å²) in [7, 11) is 4.18. The van der Waals surface area contributed by atoms with Gasteiger partial charge in [0.1, 0.15) is 0 Å². The highest BCUT2D eigenvalue weighted by atomic mass is 32.1. The molecule has 2 saturated heterocycles. The molecule has 0 saturated carbocycles. The van der Waals surface area contributed by atoms with Crippen LogP contribution in [0, 0.1) is 19.8 Å². The fraction of sp³-hybridized carbons (Fsp3) is 0.576. The number of benzene rings is 2. The van der Waals surface area contributed by atoms with Crippen molar-refractivity contribution in [2.45, 2.75) is 82.8 Å². The number of carbonyl (C=O) groups is 2. The van der Waals surface area contributed by atoms with E-state index in [1.807, 2.05) is 22.9 Å². The third kappa shape index (κ3) is 7.41. The number of nitrogens with zero attached hydrogens (tertiary/aromatic N) is 4. The van der Waals surface area contributed by atoms with E-state index in [0.29, 0.717) is 12.0 Å². The van der Waals surface area contributed by atoms with Crippen LogP contribution in [0.2, 0.25) is 0 Å². The lowest BCUT2D eigenvalue weighted by Crippen LogP contribution is -2.53. The van der Waals surface area contributed by atoms with Gasteiger partial charge in [-0.15, -0.1) is 12.6 Å². The number of piperidine rings is 2. The summed E-state index contributed by atoms with van der Waals surface area (Å²) >= 11 is 4.57. The number of carbonyl (C=O) groups excluding carboxylic acids is 2. The van der Waals surface area contributed by atoms with E-state index in [-0.39, 0.29) is 24.0 Å². The predicted octanol–water partition coefficient (Wildman–Crippen LogP) is 5.97. The minimum atomic E-state index is -0.0397. The van der Waals surface area contributed by atoms with Crippen LogP contribution >= 0.6 is 12.6 Å². The Labute approximate surface area is 247 Å². The molecule has 3 unspecified atom stereocenters. The quantitative estimate of drug-likeness (QED) is 0.422. The minimum Gasteiger partial charge on any atom is -0.343 e. The van der Waals surface area contributed by atoms with Crippen LogP contribution in [0.1, 0.15) is 67.8 Å². The molecule has 218 valence electrons. The first-order valence-electron chi connectivity index (χ1n) is 14.9. The summed E-state index contributed by atoms with van der Waals surface area (Å²) in [5.74, 6) is 0.727. The van der Waals surface area contributed by atoms with Crippen molar-refractivity contribution in [1.82, 2.24) is 19.6 Å². The second-order valence-electron chi connectivity index (χ2n) is 12.2. The molecule has 0 radical (unpaired) electrons. The molecular formula is C33H48N4O2S. The Kier molecular flexibility index (Phi) is 10.2. The lowest BCUT2D eigenvalue weighted by atomic mass is 9.86. The Balaban J connectivity index is 1.46. The molecular weight excluding hydrogens is 516 g/mol. The van der Waals surface area contributed by atoms with Crippen molar-refractivity contribution in [3.05, 3.63) is 64.7 Å². The summed E-state index contributed by atoms with van der Waals surface area (Å²) in [4.78, 5) is 35.2. The van der Waals surface area contributed by atoms with Crippen LogP contribution in [-0.2, 0) is 11.2 Å². The number of amides is 3. The van der Waals surface area contributed by atoms with E-state index in [0.717, 1.165) is 74.3 Å². The molecule has 0 N–H and O–H groups in total. The van der Waals surface area contributed by atoms with Gasteiger partial charge in [0, 0.05) is 57.1 Å². The molecule has 0 aliphatic carbocycles. The maximum Gasteiger partial charge on any atom is 0.320 e. The number of likely N-dealkylation sites (tertiary alicyclic amines) is 2. The van der Waals surface area contributed by atoms with Crippen LogP contribution < -0.4 is 0 Å². The van der Waals surface area contributed by atoms with Crippen molar-refractivity contribution in [3.63, 3.8) is 0 Å². The Morgan fingerprint density at radius 1 is 1.02 bits per heavy atom. The molecule has 0 bridgehead atoms. The summed E-state index contributed by atoms with van der Waals surface area (Å²) in [5, 5.41) is 0. The lowest BCUT2D eigenvalue weighted by molar-refractivity contribution is -0.130. The smallest absolute Gasteiger partial charge is 0.320 e. The largest absolute Gasteiger partial charge is 0.343 e. The molecule has 0 spiro atoms. The lowest BCUT2D eigenvalue weighted by Gasteiger charge is -2.44. The van der Waals surface area contributed by atoms with Crippen molar-refractivity contribution in [2.24, 2.45) is 5.92 Å². The molecule has 7 heteroatoms. The Morgan fingerprint density at radius 3 is 2.38 bits per heavy atom. The van der Waals surface area contributed by atoms with Crippen molar-refractivity contribution >= 4 is 24.6 Å². The highest BCUT2D eigenvalue weighted by Gasteiger charge is 2.36. The van der Waals surface area contributed by atoms with Gasteiger partial charge in [-0.05, 0) is 100 Å². The highest BCUT2D eigenvalue weighted by Crippen LogP contribution is 2.31. The molecule has 4 rings (SSSR count). The SMILES string of the molecule is CC(=O)N1CCC(N(C)CC2CCN(C(=O)N(C)C(C)c3cc(C)cc(S)c3)C(Cc3ccccc3C)C2)CC1. The van der Waals surface area contributed by atoms with Gasteiger partial charge in [-0.3, -0.25) is 4.79 Å². The second-order valence-corrected chi connectivity index (χ2v) is 12.7. The molecule has 0 aromatic heterocycles. The normalized spacial score (nSPS) is 21.0. The van der Waals surface area contributed by atoms with Crippen molar-refractivity contribution in [3.8, 4) is 0 Å². The van der Waals surface area contributed by atoms with E-state index in [1.165, 1.54) is 11.1 Å². The third-order valence-electron chi connectivity index (χ3n) is 9.32. The van der Waals surface area contributed by atoms with Gasteiger partial charge in [-0.1, -0.05) is 30.3 Å². The highest BCUT2D eigenvalue weighted by molar-refractivity contribution is 7.80. The van der Waals surface area contributed by atoms with E-state index in [1.54, 1.807) is 6.92 Å². The summed E-state index contributed by atoms with van der Waals surface area (Å²) < 4.78 is 0. The fourth-order valence-corrected chi connectivity index (χ4v) is 6.99. The van der Waals surface area contributed by atoms with E-state index in [4.69, 9.17) is 0 Å². The number of aryl methyl sites for hydroxylation is 2. The van der Waals surface area contributed by atoms with E-state index in [2.05, 4.69) is 86.6 Å². The van der Waals surface area contributed by atoms with Crippen LogP contribution in [0.25, 0.3) is 0 Å². The number of thiol groups is 1. The zero-order valence-corrected chi connectivity index (χ0v) is 26.2.